The fourth-order valence-corrected chi connectivity index (χ4v) is 13.8. The number of unbranched alkanes of at least 4 members (excludes halogenated alkanes) is 52. The molecule has 0 saturated heterocycles. The number of phosphoric ester groups is 1. The molecule has 0 saturated carbocycles. The molecule has 2 unspecified atom stereocenters. The van der Waals surface area contributed by atoms with Gasteiger partial charge in [-0.1, -0.05) is 444 Å². The van der Waals surface area contributed by atoms with Gasteiger partial charge in [-0.15, -0.1) is 0 Å². The lowest BCUT2D eigenvalue weighted by molar-refractivity contribution is -0.161. The van der Waals surface area contributed by atoms with Crippen molar-refractivity contribution in [1.29, 1.82) is 0 Å². The van der Waals surface area contributed by atoms with Gasteiger partial charge in [0, 0.05) is 19.4 Å². The van der Waals surface area contributed by atoms with Gasteiger partial charge in [0.2, 0.25) is 0 Å². The van der Waals surface area contributed by atoms with Crippen LogP contribution < -0.4 is 5.73 Å². The summed E-state index contributed by atoms with van der Waals surface area (Å²) < 4.78 is 33.3. The second-order valence-electron chi connectivity index (χ2n) is 29.4. The molecular formula is C92H166NO8P. The molecule has 0 aliphatic carbocycles. The Labute approximate surface area is 632 Å². The number of carbonyl (C=O) groups excluding carboxylic acids is 2. The minimum atomic E-state index is -4.40. The van der Waals surface area contributed by atoms with Crippen LogP contribution in [0.1, 0.15) is 431 Å². The van der Waals surface area contributed by atoms with Crippen molar-refractivity contribution in [3.63, 3.8) is 0 Å². The standard InChI is InChI=1S/C92H166NO8P/c1-3-5-7-9-11-13-15-17-19-21-23-25-27-29-31-33-35-37-39-41-43-45-47-49-51-53-55-57-59-61-63-65-67-69-71-73-75-77-79-81-83-85-92(95)101-90(89-100-102(96,97)99-87-86-93)88-98-91(94)84-82-80-78-76-74-72-70-68-66-64-62-60-58-56-54-52-50-48-46-44-42-40-38-36-34-32-30-28-26-24-22-20-18-16-14-12-10-8-6-4-2/h5,7,11,13,17,19,23,25,29,31,35,37,41,43,47,49,53,55,90H,3-4,6,8-10,12,14-16,18,20-22,24,26-28,30,32-34,36,38-40,42,44-46,48,50-52,54,56-89,93H2,1-2H3,(H,96,97)/b7-5-,13-11-,19-17-,25-23-,31-29-,37-35-,43-41-,49-47-,55-53-. The number of nitrogens with two attached hydrogens (primary N) is 1. The van der Waals surface area contributed by atoms with E-state index in [1.807, 2.05) is 0 Å². The van der Waals surface area contributed by atoms with Crippen LogP contribution in [0.15, 0.2) is 109 Å². The first-order chi connectivity index (χ1) is 50.3. The van der Waals surface area contributed by atoms with Gasteiger partial charge in [-0.05, 0) is 83.5 Å². The van der Waals surface area contributed by atoms with Crippen molar-refractivity contribution in [2.75, 3.05) is 26.4 Å². The highest BCUT2D eigenvalue weighted by molar-refractivity contribution is 7.47. The molecule has 0 aliphatic heterocycles. The molecule has 592 valence electrons. The van der Waals surface area contributed by atoms with Gasteiger partial charge in [-0.2, -0.15) is 0 Å². The molecule has 0 bridgehead atoms. The summed E-state index contributed by atoms with van der Waals surface area (Å²) in [5.41, 5.74) is 5.42. The third kappa shape index (κ3) is 85.6. The van der Waals surface area contributed by atoms with Crippen LogP contribution in [0.5, 0.6) is 0 Å². The molecule has 0 radical (unpaired) electrons. The Hall–Kier alpha value is -3.33. The summed E-state index contributed by atoms with van der Waals surface area (Å²) in [5.74, 6) is -0.813. The van der Waals surface area contributed by atoms with E-state index in [1.165, 1.54) is 302 Å². The first-order valence-electron chi connectivity index (χ1n) is 43.9. The molecule has 0 amide bonds. The molecule has 0 aromatic carbocycles. The average Bonchev–Trinajstić information content (AvgIpc) is 0.948. The van der Waals surface area contributed by atoms with E-state index in [2.05, 4.69) is 123 Å². The van der Waals surface area contributed by atoms with E-state index in [9.17, 15) is 19.0 Å². The van der Waals surface area contributed by atoms with Crippen LogP contribution in [-0.4, -0.2) is 49.3 Å². The number of hydrogen-bond acceptors (Lipinski definition) is 8. The van der Waals surface area contributed by atoms with Gasteiger partial charge >= 0.3 is 19.8 Å². The molecule has 0 aliphatic rings. The predicted molar refractivity (Wildman–Crippen MR) is 445 cm³/mol. The third-order valence-electron chi connectivity index (χ3n) is 19.4. The maximum absolute atomic E-state index is 12.8. The van der Waals surface area contributed by atoms with Gasteiger partial charge in [-0.3, -0.25) is 18.6 Å². The fourth-order valence-electron chi connectivity index (χ4n) is 13.0. The zero-order valence-corrected chi connectivity index (χ0v) is 68.0. The second-order valence-corrected chi connectivity index (χ2v) is 30.8. The highest BCUT2D eigenvalue weighted by atomic mass is 31.2. The monoisotopic (exact) mass is 1440 g/mol. The molecule has 3 N–H and O–H groups in total. The zero-order chi connectivity index (χ0) is 73.6. The first-order valence-corrected chi connectivity index (χ1v) is 45.4. The van der Waals surface area contributed by atoms with Crippen molar-refractivity contribution in [3.05, 3.63) is 109 Å². The number of hydrogen-bond donors (Lipinski definition) is 2. The van der Waals surface area contributed by atoms with E-state index in [-0.39, 0.29) is 38.6 Å². The molecule has 0 aromatic rings. The van der Waals surface area contributed by atoms with Gasteiger partial charge in [0.15, 0.2) is 6.10 Å². The van der Waals surface area contributed by atoms with Crippen LogP contribution in [0.4, 0.5) is 0 Å². The zero-order valence-electron chi connectivity index (χ0n) is 67.1. The lowest BCUT2D eigenvalue weighted by atomic mass is 10.0. The predicted octanol–water partition coefficient (Wildman–Crippen LogP) is 29.9. The van der Waals surface area contributed by atoms with Crippen LogP contribution in [-0.2, 0) is 32.7 Å². The van der Waals surface area contributed by atoms with Crippen molar-refractivity contribution in [2.24, 2.45) is 5.73 Å². The van der Waals surface area contributed by atoms with Crippen LogP contribution in [0.25, 0.3) is 0 Å². The maximum atomic E-state index is 12.8. The molecule has 0 aromatic heterocycles. The Morgan fingerprint density at radius 3 is 0.804 bits per heavy atom. The second kappa shape index (κ2) is 86.6. The summed E-state index contributed by atoms with van der Waals surface area (Å²) in [6.07, 6.45) is 121. The minimum absolute atomic E-state index is 0.0517. The van der Waals surface area contributed by atoms with Gasteiger partial charge in [0.05, 0.1) is 13.2 Å². The number of rotatable bonds is 83. The molecule has 0 fully saturated rings. The summed E-state index contributed by atoms with van der Waals surface area (Å²) in [6, 6.07) is 0. The quantitative estimate of drug-likeness (QED) is 0.0264. The molecule has 9 nitrogen and oxygen atoms in total. The fraction of sp³-hybridized carbons (Fsp3) is 0.783. The molecule has 0 heterocycles. The van der Waals surface area contributed by atoms with E-state index >= 15 is 0 Å². The van der Waals surface area contributed by atoms with E-state index in [1.54, 1.807) is 0 Å². The number of esters is 2. The van der Waals surface area contributed by atoms with E-state index in [4.69, 9.17) is 24.3 Å². The van der Waals surface area contributed by atoms with Crippen LogP contribution in [0, 0.1) is 0 Å². The van der Waals surface area contributed by atoms with Crippen molar-refractivity contribution in [2.45, 2.75) is 437 Å². The van der Waals surface area contributed by atoms with Gasteiger partial charge in [-0.25, -0.2) is 4.57 Å². The summed E-state index contributed by atoms with van der Waals surface area (Å²) >= 11 is 0. The molecule has 10 heteroatoms. The van der Waals surface area contributed by atoms with E-state index in [0.717, 1.165) is 96.3 Å². The van der Waals surface area contributed by atoms with Crippen LogP contribution >= 0.6 is 7.82 Å². The van der Waals surface area contributed by atoms with Crippen molar-refractivity contribution in [1.82, 2.24) is 0 Å². The molecule has 2 atom stereocenters. The first kappa shape index (κ1) is 98.7. The maximum Gasteiger partial charge on any atom is 0.472 e. The molecule has 0 spiro atoms. The number of carbonyl (C=O) groups is 2. The van der Waals surface area contributed by atoms with Crippen molar-refractivity contribution in [3.8, 4) is 0 Å². The molecule has 0 rings (SSSR count). The normalized spacial score (nSPS) is 13.3. The largest absolute Gasteiger partial charge is 0.472 e. The number of ether oxygens (including phenoxy) is 2. The minimum Gasteiger partial charge on any atom is -0.462 e. The summed E-state index contributed by atoms with van der Waals surface area (Å²) in [4.78, 5) is 35.5. The van der Waals surface area contributed by atoms with Gasteiger partial charge in [0.1, 0.15) is 6.61 Å². The van der Waals surface area contributed by atoms with Crippen LogP contribution in [0.3, 0.4) is 0 Å². The Morgan fingerprint density at radius 2 is 0.539 bits per heavy atom. The van der Waals surface area contributed by atoms with Gasteiger partial charge in [0.25, 0.3) is 0 Å². The summed E-state index contributed by atoms with van der Waals surface area (Å²) in [6.45, 7) is 3.69. The highest BCUT2D eigenvalue weighted by Crippen LogP contribution is 2.43. The molecule has 102 heavy (non-hydrogen) atoms. The molecular weight excluding hydrogens is 1280 g/mol. The Bertz CT molecular complexity index is 2050. The third-order valence-corrected chi connectivity index (χ3v) is 20.4. The lowest BCUT2D eigenvalue weighted by Gasteiger charge is -2.19. The Kier molecular flexibility index (Phi) is 83.8. The Morgan fingerprint density at radius 1 is 0.304 bits per heavy atom. The summed E-state index contributed by atoms with van der Waals surface area (Å²) in [7, 11) is -4.40. The lowest BCUT2D eigenvalue weighted by Crippen LogP contribution is -2.29. The van der Waals surface area contributed by atoms with E-state index in [0.29, 0.717) is 6.42 Å². The number of phosphoric acid groups is 1. The van der Waals surface area contributed by atoms with Crippen molar-refractivity contribution >= 4 is 19.8 Å². The average molecular weight is 1450 g/mol. The smallest absolute Gasteiger partial charge is 0.462 e. The highest BCUT2D eigenvalue weighted by Gasteiger charge is 2.26. The SMILES string of the molecule is CC/C=C\C/C=C\C/C=C\C/C=C\C/C=C\C/C=C\C/C=C\C/C=C\C/C=C\CCCCCCCCCCCCCCCC(=O)OC(COC(=O)CCCCCCCCCCCCCCCCCCCCCCCCCCCCCCCCCCCCCCCCCC)COP(=O)(O)OCCN. The van der Waals surface area contributed by atoms with Gasteiger partial charge < -0.3 is 20.1 Å². The van der Waals surface area contributed by atoms with Crippen LogP contribution in [0.2, 0.25) is 0 Å². The van der Waals surface area contributed by atoms with Crippen molar-refractivity contribution < 1.29 is 37.6 Å². The Balaban J connectivity index is 3.77. The van der Waals surface area contributed by atoms with E-state index < -0.39 is 26.5 Å². The number of allylic oxidation sites excluding steroid dienone is 18. The summed E-state index contributed by atoms with van der Waals surface area (Å²) in [5, 5.41) is 0. The topological polar surface area (TPSA) is 134 Å².